The van der Waals surface area contributed by atoms with Gasteiger partial charge in [-0.1, -0.05) is 25.5 Å². The molecular weight excluding hydrogens is 255 g/mol. The van der Waals surface area contributed by atoms with Gasteiger partial charge in [0.15, 0.2) is 0 Å². The number of halogens is 1. The van der Waals surface area contributed by atoms with Crippen LogP contribution in [0.2, 0.25) is 0 Å². The molecule has 4 heteroatoms. The number of benzene rings is 1. The minimum absolute atomic E-state index is 0.0358. The van der Waals surface area contributed by atoms with Gasteiger partial charge in [-0.05, 0) is 50.4 Å². The Labute approximate surface area is 120 Å². The normalized spacial score (nSPS) is 23.6. The van der Waals surface area contributed by atoms with Gasteiger partial charge in [0.1, 0.15) is 5.82 Å². The Morgan fingerprint density at radius 1 is 1.55 bits per heavy atom. The van der Waals surface area contributed by atoms with Crippen LogP contribution in [0.4, 0.5) is 4.39 Å². The lowest BCUT2D eigenvalue weighted by atomic mass is 9.90. The number of rotatable bonds is 5. The molecular formula is C16H23FN2O. The second-order valence-electron chi connectivity index (χ2n) is 5.61. The third-order valence-corrected chi connectivity index (χ3v) is 4.05. The molecule has 1 aliphatic heterocycles. The summed E-state index contributed by atoms with van der Waals surface area (Å²) in [4.78, 5) is 12.6. The minimum Gasteiger partial charge on any atom is -0.348 e. The van der Waals surface area contributed by atoms with Crippen molar-refractivity contribution in [3.05, 3.63) is 35.6 Å². The Kier molecular flexibility index (Phi) is 4.76. The summed E-state index contributed by atoms with van der Waals surface area (Å²) in [5, 5.41) is 6.38. The SMILES string of the molecule is CCCC1(C(=O)NC(C)c2cccc(F)c2)CCCN1. The maximum absolute atomic E-state index is 13.2. The van der Waals surface area contributed by atoms with Crippen LogP contribution in [0.15, 0.2) is 24.3 Å². The van der Waals surface area contributed by atoms with E-state index in [9.17, 15) is 9.18 Å². The lowest BCUT2D eigenvalue weighted by molar-refractivity contribution is -0.128. The molecule has 0 spiro atoms. The van der Waals surface area contributed by atoms with Gasteiger partial charge in [-0.2, -0.15) is 0 Å². The van der Waals surface area contributed by atoms with Gasteiger partial charge in [0.05, 0.1) is 11.6 Å². The fourth-order valence-corrected chi connectivity index (χ4v) is 2.95. The maximum atomic E-state index is 13.2. The quantitative estimate of drug-likeness (QED) is 0.869. The zero-order chi connectivity index (χ0) is 14.6. The van der Waals surface area contributed by atoms with Crippen LogP contribution in [0.5, 0.6) is 0 Å². The van der Waals surface area contributed by atoms with Gasteiger partial charge in [0.2, 0.25) is 5.91 Å². The van der Waals surface area contributed by atoms with E-state index < -0.39 is 5.54 Å². The van der Waals surface area contributed by atoms with E-state index in [0.29, 0.717) is 0 Å². The van der Waals surface area contributed by atoms with Crippen LogP contribution in [0, 0.1) is 5.82 Å². The molecule has 2 unspecified atom stereocenters. The lowest BCUT2D eigenvalue weighted by Crippen LogP contribution is -2.53. The average Bonchev–Trinajstić information content (AvgIpc) is 2.89. The van der Waals surface area contributed by atoms with Gasteiger partial charge < -0.3 is 10.6 Å². The molecule has 0 radical (unpaired) electrons. The monoisotopic (exact) mass is 278 g/mol. The average molecular weight is 278 g/mol. The minimum atomic E-state index is -0.434. The molecule has 1 amide bonds. The molecule has 1 saturated heterocycles. The molecule has 2 N–H and O–H groups in total. The van der Waals surface area contributed by atoms with Crippen molar-refractivity contribution in [1.29, 1.82) is 0 Å². The Morgan fingerprint density at radius 3 is 2.95 bits per heavy atom. The summed E-state index contributed by atoms with van der Waals surface area (Å²) in [6, 6.07) is 6.20. The Balaban J connectivity index is 2.06. The van der Waals surface area contributed by atoms with E-state index in [4.69, 9.17) is 0 Å². The summed E-state index contributed by atoms with van der Waals surface area (Å²) >= 11 is 0. The van der Waals surface area contributed by atoms with Gasteiger partial charge in [0, 0.05) is 0 Å². The van der Waals surface area contributed by atoms with E-state index in [0.717, 1.165) is 37.8 Å². The van der Waals surface area contributed by atoms with Crippen LogP contribution in [-0.2, 0) is 4.79 Å². The highest BCUT2D eigenvalue weighted by Gasteiger charge is 2.40. The molecule has 1 aromatic carbocycles. The van der Waals surface area contributed by atoms with Crippen molar-refractivity contribution >= 4 is 5.91 Å². The summed E-state index contributed by atoms with van der Waals surface area (Å²) in [7, 11) is 0. The third kappa shape index (κ3) is 3.18. The molecule has 0 aromatic heterocycles. The smallest absolute Gasteiger partial charge is 0.240 e. The Morgan fingerprint density at radius 2 is 2.35 bits per heavy atom. The van der Waals surface area contributed by atoms with Crippen molar-refractivity contribution in [2.24, 2.45) is 0 Å². The fraction of sp³-hybridized carbons (Fsp3) is 0.562. The van der Waals surface area contributed by atoms with Crippen LogP contribution in [0.25, 0.3) is 0 Å². The van der Waals surface area contributed by atoms with Crippen LogP contribution < -0.4 is 10.6 Å². The van der Waals surface area contributed by atoms with Crippen molar-refractivity contribution in [2.75, 3.05) is 6.54 Å². The van der Waals surface area contributed by atoms with E-state index in [1.54, 1.807) is 6.07 Å². The summed E-state index contributed by atoms with van der Waals surface area (Å²) in [5.41, 5.74) is 0.360. The number of amides is 1. The first kappa shape index (κ1) is 15.0. The van der Waals surface area contributed by atoms with Crippen molar-refractivity contribution in [2.45, 2.75) is 51.1 Å². The number of nitrogens with one attached hydrogen (secondary N) is 2. The molecule has 0 aliphatic carbocycles. The maximum Gasteiger partial charge on any atom is 0.240 e. The summed E-state index contributed by atoms with van der Waals surface area (Å²) in [6.45, 7) is 4.87. The van der Waals surface area contributed by atoms with Gasteiger partial charge in [-0.25, -0.2) is 4.39 Å². The molecule has 0 bridgehead atoms. The van der Waals surface area contributed by atoms with E-state index in [1.165, 1.54) is 12.1 Å². The molecule has 1 heterocycles. The second kappa shape index (κ2) is 6.35. The first-order chi connectivity index (χ1) is 9.57. The van der Waals surface area contributed by atoms with Crippen molar-refractivity contribution in [1.82, 2.24) is 10.6 Å². The molecule has 110 valence electrons. The van der Waals surface area contributed by atoms with E-state index in [2.05, 4.69) is 17.6 Å². The highest BCUT2D eigenvalue weighted by Crippen LogP contribution is 2.26. The van der Waals surface area contributed by atoms with Gasteiger partial charge in [-0.3, -0.25) is 4.79 Å². The molecule has 3 nitrogen and oxygen atoms in total. The summed E-state index contributed by atoms with van der Waals surface area (Å²) in [5.74, 6) is -0.237. The van der Waals surface area contributed by atoms with Gasteiger partial charge >= 0.3 is 0 Å². The van der Waals surface area contributed by atoms with Crippen molar-refractivity contribution in [3.8, 4) is 0 Å². The van der Waals surface area contributed by atoms with Crippen molar-refractivity contribution in [3.63, 3.8) is 0 Å². The van der Waals surface area contributed by atoms with Crippen LogP contribution >= 0.6 is 0 Å². The van der Waals surface area contributed by atoms with Crippen LogP contribution in [-0.4, -0.2) is 18.0 Å². The van der Waals surface area contributed by atoms with E-state index in [-0.39, 0.29) is 17.8 Å². The number of hydrogen-bond acceptors (Lipinski definition) is 2. The zero-order valence-corrected chi connectivity index (χ0v) is 12.2. The predicted molar refractivity (Wildman–Crippen MR) is 77.8 cm³/mol. The van der Waals surface area contributed by atoms with Gasteiger partial charge in [-0.15, -0.1) is 0 Å². The van der Waals surface area contributed by atoms with Crippen molar-refractivity contribution < 1.29 is 9.18 Å². The molecule has 20 heavy (non-hydrogen) atoms. The lowest BCUT2D eigenvalue weighted by Gasteiger charge is -2.29. The highest BCUT2D eigenvalue weighted by molar-refractivity contribution is 5.87. The second-order valence-corrected chi connectivity index (χ2v) is 5.61. The molecule has 2 rings (SSSR count). The van der Waals surface area contributed by atoms with E-state index >= 15 is 0 Å². The summed E-state index contributed by atoms with van der Waals surface area (Å²) < 4.78 is 13.2. The topological polar surface area (TPSA) is 41.1 Å². The first-order valence-corrected chi connectivity index (χ1v) is 7.39. The number of carbonyl (C=O) groups is 1. The molecule has 1 aromatic rings. The zero-order valence-electron chi connectivity index (χ0n) is 12.2. The number of carbonyl (C=O) groups excluding carboxylic acids is 1. The van der Waals surface area contributed by atoms with Gasteiger partial charge in [0.25, 0.3) is 0 Å². The Bertz CT molecular complexity index is 469. The molecule has 0 saturated carbocycles. The molecule has 1 aliphatic rings. The Hall–Kier alpha value is -1.42. The highest BCUT2D eigenvalue weighted by atomic mass is 19.1. The fourth-order valence-electron chi connectivity index (χ4n) is 2.95. The standard InChI is InChI=1S/C16H23FN2O/c1-3-8-16(9-5-10-18-16)15(20)19-12(2)13-6-4-7-14(17)11-13/h4,6-7,11-12,18H,3,5,8-10H2,1-2H3,(H,19,20). The van der Waals surface area contributed by atoms with E-state index in [1.807, 2.05) is 13.0 Å². The van der Waals surface area contributed by atoms with Crippen LogP contribution in [0.1, 0.15) is 51.1 Å². The summed E-state index contributed by atoms with van der Waals surface area (Å²) in [6.07, 6.45) is 3.72. The third-order valence-electron chi connectivity index (χ3n) is 4.05. The largest absolute Gasteiger partial charge is 0.348 e. The first-order valence-electron chi connectivity index (χ1n) is 7.39. The number of hydrogen-bond donors (Lipinski definition) is 2. The van der Waals surface area contributed by atoms with Crippen LogP contribution in [0.3, 0.4) is 0 Å². The predicted octanol–water partition coefficient (Wildman–Crippen LogP) is 2.93. The molecule has 1 fully saturated rings. The molecule has 2 atom stereocenters.